The standard InChI is InChI=1S/C15H18N4O/c1-3-8-16-14-9-13(17-10-18-14)15(20)19-12-6-4-11(2)5-7-12/h4-7,9-10H,3,8H2,1-2H3,(H,19,20)(H,16,17,18). The third-order valence-corrected chi connectivity index (χ3v) is 2.77. The van der Waals surface area contributed by atoms with Crippen LogP contribution in [0.25, 0.3) is 0 Å². The van der Waals surface area contributed by atoms with E-state index in [1.807, 2.05) is 31.2 Å². The van der Waals surface area contributed by atoms with Gasteiger partial charge in [-0.1, -0.05) is 24.6 Å². The second kappa shape index (κ2) is 6.65. The molecule has 0 unspecified atom stereocenters. The number of amides is 1. The normalized spacial score (nSPS) is 10.1. The summed E-state index contributed by atoms with van der Waals surface area (Å²) in [5.41, 5.74) is 2.25. The zero-order valence-corrected chi connectivity index (χ0v) is 11.7. The number of nitrogens with zero attached hydrogens (tertiary/aromatic N) is 2. The van der Waals surface area contributed by atoms with E-state index in [9.17, 15) is 4.79 Å². The highest BCUT2D eigenvalue weighted by Gasteiger charge is 2.08. The predicted octanol–water partition coefficient (Wildman–Crippen LogP) is 2.86. The molecular formula is C15H18N4O. The lowest BCUT2D eigenvalue weighted by Crippen LogP contribution is -2.14. The Bertz CT molecular complexity index is 581. The summed E-state index contributed by atoms with van der Waals surface area (Å²) in [7, 11) is 0. The number of rotatable bonds is 5. The fraction of sp³-hybridized carbons (Fsp3) is 0.267. The second-order valence-corrected chi connectivity index (χ2v) is 4.54. The summed E-state index contributed by atoms with van der Waals surface area (Å²) in [5.74, 6) is 0.423. The first-order valence-electron chi connectivity index (χ1n) is 6.63. The van der Waals surface area contributed by atoms with E-state index in [2.05, 4.69) is 27.5 Å². The van der Waals surface area contributed by atoms with E-state index in [-0.39, 0.29) is 5.91 Å². The molecule has 2 rings (SSSR count). The molecule has 0 aliphatic rings. The van der Waals surface area contributed by atoms with Crippen molar-refractivity contribution in [3.63, 3.8) is 0 Å². The first-order chi connectivity index (χ1) is 9.69. The van der Waals surface area contributed by atoms with Crippen LogP contribution in [0.3, 0.4) is 0 Å². The maximum Gasteiger partial charge on any atom is 0.274 e. The number of carbonyl (C=O) groups is 1. The minimum atomic E-state index is -0.240. The summed E-state index contributed by atoms with van der Waals surface area (Å²) < 4.78 is 0. The van der Waals surface area contributed by atoms with E-state index in [4.69, 9.17) is 0 Å². The van der Waals surface area contributed by atoms with Crippen molar-refractivity contribution in [2.45, 2.75) is 20.3 Å². The maximum absolute atomic E-state index is 12.1. The van der Waals surface area contributed by atoms with Gasteiger partial charge in [0.2, 0.25) is 0 Å². The molecule has 1 aromatic heterocycles. The molecule has 1 aromatic carbocycles. The predicted molar refractivity (Wildman–Crippen MR) is 79.9 cm³/mol. The summed E-state index contributed by atoms with van der Waals surface area (Å²) in [6.45, 7) is 4.89. The number of aryl methyl sites for hydroxylation is 1. The van der Waals surface area contributed by atoms with Crippen LogP contribution in [0.2, 0.25) is 0 Å². The van der Waals surface area contributed by atoms with Crippen molar-refractivity contribution < 1.29 is 4.79 Å². The molecule has 0 saturated carbocycles. The largest absolute Gasteiger partial charge is 0.370 e. The van der Waals surface area contributed by atoms with Gasteiger partial charge in [0.05, 0.1) is 0 Å². The molecule has 0 saturated heterocycles. The fourth-order valence-electron chi connectivity index (χ4n) is 1.66. The number of benzene rings is 1. The molecule has 0 aliphatic heterocycles. The van der Waals surface area contributed by atoms with Gasteiger partial charge in [0, 0.05) is 18.3 Å². The van der Waals surface area contributed by atoms with Crippen molar-refractivity contribution >= 4 is 17.4 Å². The fourth-order valence-corrected chi connectivity index (χ4v) is 1.66. The summed E-state index contributed by atoms with van der Waals surface area (Å²) in [5, 5.41) is 5.94. The van der Waals surface area contributed by atoms with Crippen LogP contribution in [-0.2, 0) is 0 Å². The first-order valence-corrected chi connectivity index (χ1v) is 6.63. The van der Waals surface area contributed by atoms with Crippen LogP contribution in [-0.4, -0.2) is 22.4 Å². The van der Waals surface area contributed by atoms with Gasteiger partial charge < -0.3 is 10.6 Å². The minimum absolute atomic E-state index is 0.240. The Morgan fingerprint density at radius 2 is 1.95 bits per heavy atom. The lowest BCUT2D eigenvalue weighted by molar-refractivity contribution is 0.102. The molecule has 2 aromatic rings. The van der Waals surface area contributed by atoms with Gasteiger partial charge in [-0.05, 0) is 25.5 Å². The number of anilines is 2. The number of aromatic nitrogens is 2. The number of nitrogens with one attached hydrogen (secondary N) is 2. The second-order valence-electron chi connectivity index (χ2n) is 4.54. The Morgan fingerprint density at radius 1 is 1.20 bits per heavy atom. The molecule has 0 fully saturated rings. The van der Waals surface area contributed by atoms with E-state index >= 15 is 0 Å². The number of hydrogen-bond acceptors (Lipinski definition) is 4. The van der Waals surface area contributed by atoms with Crippen molar-refractivity contribution in [2.24, 2.45) is 0 Å². The molecule has 5 nitrogen and oxygen atoms in total. The van der Waals surface area contributed by atoms with E-state index < -0.39 is 0 Å². The first kappa shape index (κ1) is 14.0. The summed E-state index contributed by atoms with van der Waals surface area (Å²) in [4.78, 5) is 20.2. The van der Waals surface area contributed by atoms with E-state index in [1.165, 1.54) is 6.33 Å². The van der Waals surface area contributed by atoms with Crippen molar-refractivity contribution in [2.75, 3.05) is 17.2 Å². The average molecular weight is 270 g/mol. The van der Waals surface area contributed by atoms with Crippen LogP contribution in [0.15, 0.2) is 36.7 Å². The van der Waals surface area contributed by atoms with E-state index in [0.717, 1.165) is 24.2 Å². The topological polar surface area (TPSA) is 66.9 Å². The third kappa shape index (κ3) is 3.78. The Morgan fingerprint density at radius 3 is 2.65 bits per heavy atom. The van der Waals surface area contributed by atoms with Gasteiger partial charge in [0.15, 0.2) is 0 Å². The highest BCUT2D eigenvalue weighted by molar-refractivity contribution is 6.03. The van der Waals surface area contributed by atoms with Gasteiger partial charge in [-0.15, -0.1) is 0 Å². The monoisotopic (exact) mass is 270 g/mol. The van der Waals surface area contributed by atoms with Gasteiger partial charge in [-0.3, -0.25) is 4.79 Å². The van der Waals surface area contributed by atoms with E-state index in [1.54, 1.807) is 6.07 Å². The summed E-state index contributed by atoms with van der Waals surface area (Å²) in [6, 6.07) is 9.28. The molecular weight excluding hydrogens is 252 g/mol. The highest BCUT2D eigenvalue weighted by Crippen LogP contribution is 2.11. The van der Waals surface area contributed by atoms with Crippen molar-refractivity contribution in [3.05, 3.63) is 47.9 Å². The van der Waals surface area contributed by atoms with Crippen LogP contribution in [0.5, 0.6) is 0 Å². The lowest BCUT2D eigenvalue weighted by atomic mass is 10.2. The van der Waals surface area contributed by atoms with Crippen molar-refractivity contribution in [1.82, 2.24) is 9.97 Å². The summed E-state index contributed by atoms with van der Waals surface area (Å²) in [6.07, 6.45) is 2.39. The quantitative estimate of drug-likeness (QED) is 0.876. The van der Waals surface area contributed by atoms with Gasteiger partial charge in [-0.25, -0.2) is 9.97 Å². The molecule has 104 valence electrons. The molecule has 2 N–H and O–H groups in total. The zero-order valence-electron chi connectivity index (χ0n) is 11.7. The van der Waals surface area contributed by atoms with Crippen LogP contribution < -0.4 is 10.6 Å². The lowest BCUT2D eigenvalue weighted by Gasteiger charge is -2.07. The van der Waals surface area contributed by atoms with Crippen LogP contribution in [0.1, 0.15) is 29.4 Å². The zero-order chi connectivity index (χ0) is 14.4. The van der Waals surface area contributed by atoms with Gasteiger partial charge in [0.1, 0.15) is 17.8 Å². The number of hydrogen-bond donors (Lipinski definition) is 2. The molecule has 0 atom stereocenters. The van der Waals surface area contributed by atoms with Crippen molar-refractivity contribution in [3.8, 4) is 0 Å². The molecule has 1 amide bonds. The molecule has 0 aliphatic carbocycles. The maximum atomic E-state index is 12.1. The van der Waals surface area contributed by atoms with Crippen LogP contribution >= 0.6 is 0 Å². The third-order valence-electron chi connectivity index (χ3n) is 2.77. The molecule has 0 bridgehead atoms. The van der Waals surface area contributed by atoms with Crippen molar-refractivity contribution in [1.29, 1.82) is 0 Å². The Labute approximate surface area is 118 Å². The smallest absolute Gasteiger partial charge is 0.274 e. The van der Waals surface area contributed by atoms with Crippen LogP contribution in [0.4, 0.5) is 11.5 Å². The highest BCUT2D eigenvalue weighted by atomic mass is 16.1. The van der Waals surface area contributed by atoms with E-state index in [0.29, 0.717) is 11.5 Å². The molecule has 1 heterocycles. The molecule has 20 heavy (non-hydrogen) atoms. The average Bonchev–Trinajstić information content (AvgIpc) is 2.48. The SMILES string of the molecule is CCCNc1cc(C(=O)Nc2ccc(C)cc2)ncn1. The van der Waals surface area contributed by atoms with Crippen LogP contribution in [0, 0.1) is 6.92 Å². The number of carbonyl (C=O) groups excluding carboxylic acids is 1. The Kier molecular flexibility index (Phi) is 4.65. The van der Waals surface area contributed by atoms with Gasteiger partial charge >= 0.3 is 0 Å². The Hall–Kier alpha value is -2.43. The molecule has 0 radical (unpaired) electrons. The molecule has 0 spiro atoms. The summed E-state index contributed by atoms with van der Waals surface area (Å²) >= 11 is 0. The molecule has 5 heteroatoms. The minimum Gasteiger partial charge on any atom is -0.370 e. The Balaban J connectivity index is 2.06. The van der Waals surface area contributed by atoms with Gasteiger partial charge in [0.25, 0.3) is 5.91 Å². The van der Waals surface area contributed by atoms with Gasteiger partial charge in [-0.2, -0.15) is 0 Å².